The van der Waals surface area contributed by atoms with Gasteiger partial charge >= 0.3 is 0 Å². The molecule has 3 heteroatoms. The standard InChI is InChI=1S/C18H23N3/c1-17(2,3)14-8-7-12-13(20-14)11-15(18(4,5)6)21-10-9-19-16(12)21/h7-11H,1-6H3. The second-order valence-corrected chi connectivity index (χ2v) is 7.78. The molecule has 0 unspecified atom stereocenters. The highest BCUT2D eigenvalue weighted by Gasteiger charge is 2.21. The zero-order valence-corrected chi connectivity index (χ0v) is 13.7. The van der Waals surface area contributed by atoms with Gasteiger partial charge in [-0.3, -0.25) is 4.98 Å². The van der Waals surface area contributed by atoms with Crippen LogP contribution in [0.25, 0.3) is 16.6 Å². The van der Waals surface area contributed by atoms with Crippen LogP contribution in [0.5, 0.6) is 0 Å². The second kappa shape index (κ2) is 4.30. The quantitative estimate of drug-likeness (QED) is 0.608. The van der Waals surface area contributed by atoms with E-state index in [2.05, 4.69) is 69.1 Å². The van der Waals surface area contributed by atoms with Crippen LogP contribution in [-0.4, -0.2) is 14.4 Å². The van der Waals surface area contributed by atoms with Crippen LogP contribution in [-0.2, 0) is 10.8 Å². The van der Waals surface area contributed by atoms with Crippen molar-refractivity contribution in [3.05, 3.63) is 42.0 Å². The second-order valence-electron chi connectivity index (χ2n) is 7.78. The van der Waals surface area contributed by atoms with E-state index >= 15 is 0 Å². The van der Waals surface area contributed by atoms with Crippen LogP contribution in [0.2, 0.25) is 0 Å². The fraction of sp³-hybridized carbons (Fsp3) is 0.444. The van der Waals surface area contributed by atoms with E-state index in [4.69, 9.17) is 4.98 Å². The van der Waals surface area contributed by atoms with Crippen LogP contribution < -0.4 is 0 Å². The number of nitrogens with zero attached hydrogens (tertiary/aromatic N) is 3. The van der Waals surface area contributed by atoms with Gasteiger partial charge in [0.05, 0.1) is 5.52 Å². The molecule has 0 N–H and O–H groups in total. The maximum absolute atomic E-state index is 4.90. The van der Waals surface area contributed by atoms with Gasteiger partial charge in [0.2, 0.25) is 0 Å². The third-order valence-corrected chi connectivity index (χ3v) is 3.88. The smallest absolute Gasteiger partial charge is 0.146 e. The van der Waals surface area contributed by atoms with Gasteiger partial charge in [0.25, 0.3) is 0 Å². The van der Waals surface area contributed by atoms with Crippen molar-refractivity contribution in [2.75, 3.05) is 0 Å². The molecule has 0 saturated carbocycles. The lowest BCUT2D eigenvalue weighted by Gasteiger charge is -2.23. The van der Waals surface area contributed by atoms with Gasteiger partial charge in [-0.05, 0) is 18.2 Å². The highest BCUT2D eigenvalue weighted by molar-refractivity contribution is 5.92. The first-order chi connectivity index (χ1) is 9.68. The van der Waals surface area contributed by atoms with Crippen molar-refractivity contribution in [1.82, 2.24) is 14.4 Å². The lowest BCUT2D eigenvalue weighted by atomic mass is 9.89. The summed E-state index contributed by atoms with van der Waals surface area (Å²) in [7, 11) is 0. The van der Waals surface area contributed by atoms with Crippen LogP contribution in [0.3, 0.4) is 0 Å². The van der Waals surface area contributed by atoms with Crippen molar-refractivity contribution in [2.24, 2.45) is 0 Å². The zero-order valence-electron chi connectivity index (χ0n) is 13.7. The van der Waals surface area contributed by atoms with Gasteiger partial charge in [-0.1, -0.05) is 41.5 Å². The van der Waals surface area contributed by atoms with E-state index in [0.29, 0.717) is 0 Å². The number of rotatable bonds is 0. The lowest BCUT2D eigenvalue weighted by Crippen LogP contribution is -2.17. The summed E-state index contributed by atoms with van der Waals surface area (Å²) in [6.45, 7) is 13.3. The molecule has 110 valence electrons. The number of imidazole rings is 1. The fourth-order valence-electron chi connectivity index (χ4n) is 2.67. The summed E-state index contributed by atoms with van der Waals surface area (Å²) in [6.07, 6.45) is 3.90. The van der Waals surface area contributed by atoms with Crippen molar-refractivity contribution in [1.29, 1.82) is 0 Å². The first kappa shape index (κ1) is 14.1. The Hall–Kier alpha value is -1.90. The molecule has 0 aliphatic carbocycles. The Kier molecular flexibility index (Phi) is 2.88. The SMILES string of the molecule is CC(C)(C)c1ccc2c(cc(C(C)(C)C)n3ccnc23)n1. The van der Waals surface area contributed by atoms with Crippen molar-refractivity contribution in [2.45, 2.75) is 52.4 Å². The molecule has 0 fully saturated rings. The van der Waals surface area contributed by atoms with Crippen LogP contribution in [0.15, 0.2) is 30.6 Å². The topological polar surface area (TPSA) is 30.2 Å². The molecule has 0 bridgehead atoms. The third-order valence-electron chi connectivity index (χ3n) is 3.88. The Labute approximate surface area is 126 Å². The first-order valence-corrected chi connectivity index (χ1v) is 7.46. The Morgan fingerprint density at radius 3 is 2.29 bits per heavy atom. The summed E-state index contributed by atoms with van der Waals surface area (Å²) in [5, 5.41) is 1.11. The molecule has 0 radical (unpaired) electrons. The van der Waals surface area contributed by atoms with Gasteiger partial charge in [0.1, 0.15) is 5.65 Å². The van der Waals surface area contributed by atoms with Crippen LogP contribution in [0.1, 0.15) is 52.9 Å². The van der Waals surface area contributed by atoms with Gasteiger partial charge in [-0.25, -0.2) is 4.98 Å². The molecule has 0 amide bonds. The molecule has 3 nitrogen and oxygen atoms in total. The number of pyridine rings is 2. The average Bonchev–Trinajstić information content (AvgIpc) is 2.83. The van der Waals surface area contributed by atoms with Crippen molar-refractivity contribution < 1.29 is 0 Å². The molecule has 21 heavy (non-hydrogen) atoms. The van der Waals surface area contributed by atoms with E-state index in [1.54, 1.807) is 0 Å². The van der Waals surface area contributed by atoms with Crippen molar-refractivity contribution >= 4 is 16.6 Å². The molecule has 3 rings (SSSR count). The number of aromatic nitrogens is 3. The average molecular weight is 281 g/mol. The van der Waals surface area contributed by atoms with Gasteiger partial charge < -0.3 is 4.40 Å². The largest absolute Gasteiger partial charge is 0.303 e. The highest BCUT2D eigenvalue weighted by atomic mass is 15.0. The summed E-state index contributed by atoms with van der Waals surface area (Å²) in [5.41, 5.74) is 4.48. The maximum atomic E-state index is 4.90. The molecule has 3 aromatic rings. The predicted molar refractivity (Wildman–Crippen MR) is 87.9 cm³/mol. The molecule has 3 aromatic heterocycles. The van der Waals surface area contributed by atoms with Gasteiger partial charge in [0.15, 0.2) is 0 Å². The Morgan fingerprint density at radius 2 is 1.67 bits per heavy atom. The van der Waals surface area contributed by atoms with E-state index in [0.717, 1.165) is 22.2 Å². The minimum absolute atomic E-state index is 0.0482. The van der Waals surface area contributed by atoms with Crippen LogP contribution in [0, 0.1) is 0 Å². The molecule has 0 atom stereocenters. The Balaban J connectivity index is 2.40. The molecule has 3 heterocycles. The third kappa shape index (κ3) is 2.31. The van der Waals surface area contributed by atoms with Gasteiger partial charge in [-0.15, -0.1) is 0 Å². The molecule has 0 aliphatic heterocycles. The molecule has 0 aromatic carbocycles. The number of hydrogen-bond acceptors (Lipinski definition) is 2. The fourth-order valence-corrected chi connectivity index (χ4v) is 2.67. The van der Waals surface area contributed by atoms with Gasteiger partial charge in [0, 0.05) is 40.0 Å². The number of hydrogen-bond donors (Lipinski definition) is 0. The summed E-state index contributed by atoms with van der Waals surface area (Å²) in [6, 6.07) is 6.48. The zero-order chi connectivity index (χ0) is 15.4. The minimum Gasteiger partial charge on any atom is -0.303 e. The molecular weight excluding hydrogens is 258 g/mol. The first-order valence-electron chi connectivity index (χ1n) is 7.46. The van der Waals surface area contributed by atoms with Crippen molar-refractivity contribution in [3.63, 3.8) is 0 Å². The normalized spacial score (nSPS) is 13.2. The molecule has 0 aliphatic rings. The summed E-state index contributed by atoms with van der Waals surface area (Å²) in [4.78, 5) is 9.43. The lowest BCUT2D eigenvalue weighted by molar-refractivity contribution is 0.560. The summed E-state index contributed by atoms with van der Waals surface area (Å²) in [5.74, 6) is 0. The van der Waals surface area contributed by atoms with E-state index in [1.807, 2.05) is 12.4 Å². The van der Waals surface area contributed by atoms with Crippen LogP contribution >= 0.6 is 0 Å². The van der Waals surface area contributed by atoms with Gasteiger partial charge in [-0.2, -0.15) is 0 Å². The van der Waals surface area contributed by atoms with E-state index in [1.165, 1.54) is 5.69 Å². The van der Waals surface area contributed by atoms with E-state index < -0.39 is 0 Å². The Morgan fingerprint density at radius 1 is 0.952 bits per heavy atom. The maximum Gasteiger partial charge on any atom is 0.146 e. The van der Waals surface area contributed by atoms with Crippen molar-refractivity contribution in [3.8, 4) is 0 Å². The summed E-state index contributed by atoms with van der Waals surface area (Å²) < 4.78 is 2.18. The minimum atomic E-state index is 0.0482. The molecular formula is C18H23N3. The Bertz CT molecular complexity index is 814. The van der Waals surface area contributed by atoms with Crippen LogP contribution in [0.4, 0.5) is 0 Å². The monoisotopic (exact) mass is 281 g/mol. The molecule has 0 spiro atoms. The summed E-state index contributed by atoms with van der Waals surface area (Å²) >= 11 is 0. The molecule has 0 saturated heterocycles. The highest BCUT2D eigenvalue weighted by Crippen LogP contribution is 2.30. The predicted octanol–water partition coefficient (Wildman–Crippen LogP) is 4.48. The number of fused-ring (bicyclic) bond motifs is 3. The van der Waals surface area contributed by atoms with E-state index in [9.17, 15) is 0 Å². The van der Waals surface area contributed by atoms with E-state index in [-0.39, 0.29) is 10.8 Å².